The Morgan fingerprint density at radius 3 is 2.82 bits per heavy atom. The van der Waals surface area contributed by atoms with Crippen LogP contribution in [0.4, 0.5) is 0 Å². The van der Waals surface area contributed by atoms with Crippen molar-refractivity contribution in [2.75, 3.05) is 13.0 Å². The van der Waals surface area contributed by atoms with E-state index in [1.807, 2.05) is 32.9 Å². The number of methoxy groups -OCH3 is 1. The third kappa shape index (κ3) is 2.72. The van der Waals surface area contributed by atoms with Crippen molar-refractivity contribution in [1.82, 2.24) is 4.90 Å². The van der Waals surface area contributed by atoms with Gasteiger partial charge in [0.25, 0.3) is 0 Å². The van der Waals surface area contributed by atoms with E-state index < -0.39 is 0 Å². The number of rotatable bonds is 4. The van der Waals surface area contributed by atoms with E-state index >= 15 is 0 Å². The Hall–Kier alpha value is -0.800. The average Bonchev–Trinajstić information content (AvgIpc) is 2.32. The van der Waals surface area contributed by atoms with Gasteiger partial charge in [-0.25, -0.2) is 0 Å². The normalized spacial score (nSPS) is 25.4. The highest BCUT2D eigenvalue weighted by Crippen LogP contribution is 2.33. The van der Waals surface area contributed by atoms with Gasteiger partial charge in [-0.3, -0.25) is 4.79 Å². The van der Waals surface area contributed by atoms with Gasteiger partial charge in [0.05, 0.1) is 5.54 Å². The Morgan fingerprint density at radius 1 is 1.71 bits per heavy atom. The van der Waals surface area contributed by atoms with Gasteiger partial charge in [-0.15, -0.1) is 11.6 Å². The molecule has 1 rings (SSSR count). The Balaban J connectivity index is 3.09. The van der Waals surface area contributed by atoms with Gasteiger partial charge in [-0.05, 0) is 32.8 Å². The van der Waals surface area contributed by atoms with Crippen molar-refractivity contribution >= 4 is 17.5 Å². The van der Waals surface area contributed by atoms with Gasteiger partial charge in [0.15, 0.2) is 0 Å². The molecule has 0 aromatic rings. The summed E-state index contributed by atoms with van der Waals surface area (Å²) in [6.45, 7) is 5.93. The molecule has 0 saturated carbocycles. The van der Waals surface area contributed by atoms with Crippen molar-refractivity contribution in [2.24, 2.45) is 0 Å². The standard InChI is InChI=1S/C13H20ClNO2/c1-10-7-5-6-8-13(10,3)15(11(2)17-4)12(16)9-14/h5-7,11H,8-9H2,1-4H3. The molecule has 0 N–H and O–H groups in total. The lowest BCUT2D eigenvalue weighted by Gasteiger charge is -2.45. The Bertz CT molecular complexity index is 351. The molecule has 0 aliphatic heterocycles. The molecule has 96 valence electrons. The lowest BCUT2D eigenvalue weighted by Crippen LogP contribution is -2.56. The molecule has 0 radical (unpaired) electrons. The van der Waals surface area contributed by atoms with Crippen LogP contribution in [0.5, 0.6) is 0 Å². The maximum Gasteiger partial charge on any atom is 0.240 e. The van der Waals surface area contributed by atoms with Crippen LogP contribution in [0.15, 0.2) is 23.8 Å². The van der Waals surface area contributed by atoms with E-state index in [9.17, 15) is 4.79 Å². The zero-order valence-electron chi connectivity index (χ0n) is 10.9. The van der Waals surface area contributed by atoms with Crippen LogP contribution < -0.4 is 0 Å². The topological polar surface area (TPSA) is 29.5 Å². The minimum absolute atomic E-state index is 0.0275. The van der Waals surface area contributed by atoms with Crippen molar-refractivity contribution in [3.63, 3.8) is 0 Å². The third-order valence-corrected chi connectivity index (χ3v) is 3.70. The van der Waals surface area contributed by atoms with E-state index in [-0.39, 0.29) is 23.6 Å². The number of amides is 1. The van der Waals surface area contributed by atoms with E-state index in [1.54, 1.807) is 12.0 Å². The summed E-state index contributed by atoms with van der Waals surface area (Å²) in [6, 6.07) is 0. The smallest absolute Gasteiger partial charge is 0.240 e. The van der Waals surface area contributed by atoms with Gasteiger partial charge in [-0.2, -0.15) is 0 Å². The van der Waals surface area contributed by atoms with Crippen molar-refractivity contribution in [3.8, 4) is 0 Å². The molecule has 0 aromatic heterocycles. The van der Waals surface area contributed by atoms with Crippen LogP contribution >= 0.6 is 11.6 Å². The SMILES string of the molecule is COC(C)N(C(=O)CCl)C1(C)CC=CC=C1C. The maximum absolute atomic E-state index is 12.0. The molecule has 2 atom stereocenters. The third-order valence-electron chi connectivity index (χ3n) is 3.47. The second kappa shape index (κ2) is 5.69. The first-order chi connectivity index (χ1) is 7.97. The molecule has 2 unspecified atom stereocenters. The summed E-state index contributed by atoms with van der Waals surface area (Å²) >= 11 is 5.69. The second-order valence-corrected chi connectivity index (χ2v) is 4.76. The van der Waals surface area contributed by atoms with Gasteiger partial charge in [0.2, 0.25) is 5.91 Å². The number of halogens is 1. The fourth-order valence-electron chi connectivity index (χ4n) is 2.19. The van der Waals surface area contributed by atoms with Gasteiger partial charge >= 0.3 is 0 Å². The van der Waals surface area contributed by atoms with Gasteiger partial charge < -0.3 is 9.64 Å². The fraction of sp³-hybridized carbons (Fsp3) is 0.615. The molecule has 0 bridgehead atoms. The molecule has 4 heteroatoms. The molecule has 0 spiro atoms. The number of alkyl halides is 1. The van der Waals surface area contributed by atoms with Crippen LogP contribution in [0, 0.1) is 0 Å². The highest BCUT2D eigenvalue weighted by Gasteiger charge is 2.39. The molecular formula is C13H20ClNO2. The van der Waals surface area contributed by atoms with Crippen LogP contribution in [0.3, 0.4) is 0 Å². The highest BCUT2D eigenvalue weighted by atomic mass is 35.5. The average molecular weight is 258 g/mol. The van der Waals surface area contributed by atoms with E-state index in [2.05, 4.69) is 6.08 Å². The van der Waals surface area contributed by atoms with E-state index in [0.717, 1.165) is 12.0 Å². The van der Waals surface area contributed by atoms with Gasteiger partial charge in [0, 0.05) is 7.11 Å². The van der Waals surface area contributed by atoms with Gasteiger partial charge in [0.1, 0.15) is 12.1 Å². The fourth-order valence-corrected chi connectivity index (χ4v) is 2.32. The molecule has 1 aliphatic carbocycles. The van der Waals surface area contributed by atoms with E-state index in [4.69, 9.17) is 16.3 Å². The lowest BCUT2D eigenvalue weighted by molar-refractivity contribution is -0.148. The van der Waals surface area contributed by atoms with E-state index in [0.29, 0.717) is 0 Å². The minimum atomic E-state index is -0.351. The molecule has 0 saturated heterocycles. The largest absolute Gasteiger partial charge is 0.362 e. The summed E-state index contributed by atoms with van der Waals surface area (Å²) in [7, 11) is 1.60. The summed E-state index contributed by atoms with van der Waals surface area (Å²) in [6.07, 6.45) is 6.59. The van der Waals surface area contributed by atoms with Crippen molar-refractivity contribution in [2.45, 2.75) is 39.0 Å². The van der Waals surface area contributed by atoms with Crippen LogP contribution in [0.25, 0.3) is 0 Å². The number of nitrogens with zero attached hydrogens (tertiary/aromatic N) is 1. The first-order valence-electron chi connectivity index (χ1n) is 5.72. The quantitative estimate of drug-likeness (QED) is 0.573. The molecule has 1 amide bonds. The Kier molecular flexibility index (Phi) is 4.78. The monoisotopic (exact) mass is 257 g/mol. The number of carbonyl (C=O) groups is 1. The number of allylic oxidation sites excluding steroid dienone is 2. The summed E-state index contributed by atoms with van der Waals surface area (Å²) in [5, 5.41) is 0. The zero-order valence-corrected chi connectivity index (χ0v) is 11.6. The number of hydrogen-bond acceptors (Lipinski definition) is 2. The Labute approximate surface area is 108 Å². The van der Waals surface area contributed by atoms with E-state index in [1.165, 1.54) is 0 Å². The van der Waals surface area contributed by atoms with Crippen LogP contribution in [-0.4, -0.2) is 35.6 Å². The number of ether oxygens (including phenoxy) is 1. The highest BCUT2D eigenvalue weighted by molar-refractivity contribution is 6.27. The summed E-state index contributed by atoms with van der Waals surface area (Å²) in [5.41, 5.74) is 0.790. The van der Waals surface area contributed by atoms with Crippen LogP contribution in [0.2, 0.25) is 0 Å². The molecule has 0 heterocycles. The first kappa shape index (κ1) is 14.3. The second-order valence-electron chi connectivity index (χ2n) is 4.49. The van der Waals surface area contributed by atoms with Crippen molar-refractivity contribution in [3.05, 3.63) is 23.8 Å². The van der Waals surface area contributed by atoms with Crippen LogP contribution in [-0.2, 0) is 9.53 Å². The number of hydrogen-bond donors (Lipinski definition) is 0. The predicted molar refractivity (Wildman–Crippen MR) is 70.0 cm³/mol. The van der Waals surface area contributed by atoms with Gasteiger partial charge in [-0.1, -0.05) is 18.2 Å². The van der Waals surface area contributed by atoms with Crippen molar-refractivity contribution < 1.29 is 9.53 Å². The minimum Gasteiger partial charge on any atom is -0.362 e. The predicted octanol–water partition coefficient (Wildman–Crippen LogP) is 2.71. The number of carbonyl (C=O) groups excluding carboxylic acids is 1. The molecule has 1 aliphatic rings. The maximum atomic E-state index is 12.0. The summed E-state index contributed by atoms with van der Waals surface area (Å²) < 4.78 is 5.30. The van der Waals surface area contributed by atoms with Crippen LogP contribution in [0.1, 0.15) is 27.2 Å². The molecule has 17 heavy (non-hydrogen) atoms. The summed E-state index contributed by atoms with van der Waals surface area (Å²) in [4.78, 5) is 13.8. The first-order valence-corrected chi connectivity index (χ1v) is 6.25. The zero-order chi connectivity index (χ0) is 13.1. The molecule has 3 nitrogen and oxygen atoms in total. The molecular weight excluding hydrogens is 238 g/mol. The lowest BCUT2D eigenvalue weighted by atomic mass is 9.83. The molecule has 0 fully saturated rings. The molecule has 0 aromatic carbocycles. The van der Waals surface area contributed by atoms with Crippen molar-refractivity contribution in [1.29, 1.82) is 0 Å². The Morgan fingerprint density at radius 2 is 2.35 bits per heavy atom. The summed E-state index contributed by atoms with van der Waals surface area (Å²) in [5.74, 6) is -0.133.